The lowest BCUT2D eigenvalue weighted by atomic mass is 10.2. The van der Waals surface area contributed by atoms with E-state index in [2.05, 4.69) is 15.5 Å². The molecule has 0 aliphatic rings. The number of nitrogens with zero attached hydrogens (tertiary/aromatic N) is 1. The third-order valence-corrected chi connectivity index (χ3v) is 2.54. The van der Waals surface area contributed by atoms with E-state index in [1.54, 1.807) is 0 Å². The minimum Gasteiger partial charge on any atom is -0.460 e. The zero-order valence-electron chi connectivity index (χ0n) is 10.7. The number of ether oxygens (including phenoxy) is 1. The normalized spacial score (nSPS) is 10.2. The molecular formula is C13H11F2N3O3. The van der Waals surface area contributed by atoms with E-state index in [9.17, 15) is 18.4 Å². The van der Waals surface area contributed by atoms with Crippen LogP contribution in [0.3, 0.4) is 0 Å². The molecule has 0 saturated carbocycles. The summed E-state index contributed by atoms with van der Waals surface area (Å²) in [6.07, 6.45) is 1.42. The largest absolute Gasteiger partial charge is 0.460 e. The van der Waals surface area contributed by atoms with Gasteiger partial charge in [-0.1, -0.05) is 6.07 Å². The second-order valence-electron chi connectivity index (χ2n) is 3.96. The molecular weight excluding hydrogens is 284 g/mol. The first-order valence-corrected chi connectivity index (χ1v) is 5.98. The third kappa shape index (κ3) is 3.62. The number of nitrogens with one attached hydrogen (secondary N) is 2. The molecule has 110 valence electrons. The highest BCUT2D eigenvalue weighted by atomic mass is 19.2. The molecule has 2 rings (SSSR count). The second-order valence-corrected chi connectivity index (χ2v) is 3.96. The van der Waals surface area contributed by atoms with E-state index in [0.29, 0.717) is 0 Å². The lowest BCUT2D eigenvalue weighted by Gasteiger charge is -2.06. The highest BCUT2D eigenvalue weighted by molar-refractivity contribution is 5.92. The Kier molecular flexibility index (Phi) is 4.60. The maximum Gasteiger partial charge on any atom is 0.341 e. The summed E-state index contributed by atoms with van der Waals surface area (Å²) in [4.78, 5) is 23.0. The van der Waals surface area contributed by atoms with Crippen LogP contribution in [-0.2, 0) is 4.74 Å². The Morgan fingerprint density at radius 2 is 2.10 bits per heavy atom. The number of esters is 1. The standard InChI is InChI=1S/C13H11F2N3O3/c14-9-3-1-2-8(11(9)15)13(20)21-7-6-16-12(19)10-4-5-17-18-10/h1-5H,6-7H2,(H,16,19)(H,17,18). The van der Waals surface area contributed by atoms with Crippen LogP contribution in [0.15, 0.2) is 30.5 Å². The van der Waals surface area contributed by atoms with Crippen molar-refractivity contribution in [3.8, 4) is 0 Å². The highest BCUT2D eigenvalue weighted by Crippen LogP contribution is 2.12. The molecule has 0 aliphatic heterocycles. The van der Waals surface area contributed by atoms with E-state index in [-0.39, 0.29) is 18.8 Å². The number of rotatable bonds is 5. The lowest BCUT2D eigenvalue weighted by Crippen LogP contribution is -2.28. The van der Waals surface area contributed by atoms with Crippen LogP contribution in [0.5, 0.6) is 0 Å². The number of hydrogen-bond acceptors (Lipinski definition) is 4. The first-order valence-electron chi connectivity index (χ1n) is 5.98. The Morgan fingerprint density at radius 3 is 2.81 bits per heavy atom. The van der Waals surface area contributed by atoms with Crippen LogP contribution in [0.25, 0.3) is 0 Å². The Balaban J connectivity index is 1.80. The number of amides is 1. The molecule has 0 atom stereocenters. The second kappa shape index (κ2) is 6.60. The van der Waals surface area contributed by atoms with Crippen LogP contribution < -0.4 is 5.32 Å². The molecule has 0 saturated heterocycles. The van der Waals surface area contributed by atoms with Gasteiger partial charge in [0.2, 0.25) is 0 Å². The van der Waals surface area contributed by atoms with Crippen LogP contribution in [0.4, 0.5) is 8.78 Å². The summed E-state index contributed by atoms with van der Waals surface area (Å²) in [5.41, 5.74) is -0.229. The van der Waals surface area contributed by atoms with Crippen molar-refractivity contribution in [3.63, 3.8) is 0 Å². The number of halogens is 2. The van der Waals surface area contributed by atoms with Crippen LogP contribution in [0, 0.1) is 11.6 Å². The van der Waals surface area contributed by atoms with Crippen molar-refractivity contribution in [3.05, 3.63) is 53.4 Å². The van der Waals surface area contributed by atoms with Gasteiger partial charge in [0, 0.05) is 6.20 Å². The van der Waals surface area contributed by atoms with E-state index >= 15 is 0 Å². The molecule has 0 bridgehead atoms. The van der Waals surface area contributed by atoms with Crippen LogP contribution >= 0.6 is 0 Å². The fraction of sp³-hybridized carbons (Fsp3) is 0.154. The van der Waals surface area contributed by atoms with Gasteiger partial charge >= 0.3 is 5.97 Å². The topological polar surface area (TPSA) is 84.1 Å². The molecule has 0 aliphatic carbocycles. The van der Waals surface area contributed by atoms with Gasteiger partial charge in [0.1, 0.15) is 12.3 Å². The van der Waals surface area contributed by atoms with Crippen molar-refractivity contribution in [2.75, 3.05) is 13.2 Å². The summed E-state index contributed by atoms with van der Waals surface area (Å²) in [5.74, 6) is -3.80. The molecule has 2 N–H and O–H groups in total. The van der Waals surface area contributed by atoms with Gasteiger partial charge in [-0.25, -0.2) is 13.6 Å². The van der Waals surface area contributed by atoms with Crippen molar-refractivity contribution in [1.29, 1.82) is 0 Å². The number of carbonyl (C=O) groups is 2. The van der Waals surface area contributed by atoms with Crippen molar-refractivity contribution < 1.29 is 23.1 Å². The first-order chi connectivity index (χ1) is 10.1. The Morgan fingerprint density at radius 1 is 1.29 bits per heavy atom. The average molecular weight is 295 g/mol. The van der Waals surface area contributed by atoms with Crippen molar-refractivity contribution in [2.45, 2.75) is 0 Å². The molecule has 8 heteroatoms. The first kappa shape index (κ1) is 14.6. The van der Waals surface area contributed by atoms with Gasteiger partial charge in [-0.3, -0.25) is 9.89 Å². The molecule has 6 nitrogen and oxygen atoms in total. The van der Waals surface area contributed by atoms with Gasteiger partial charge in [-0.2, -0.15) is 5.10 Å². The monoisotopic (exact) mass is 295 g/mol. The van der Waals surface area contributed by atoms with Crippen molar-refractivity contribution >= 4 is 11.9 Å². The van der Waals surface area contributed by atoms with Gasteiger partial charge in [0.25, 0.3) is 5.91 Å². The molecule has 1 aromatic carbocycles. The smallest absolute Gasteiger partial charge is 0.341 e. The molecule has 0 fully saturated rings. The van der Waals surface area contributed by atoms with Crippen LogP contribution in [0.1, 0.15) is 20.8 Å². The number of aromatic amines is 1. The average Bonchev–Trinajstić information content (AvgIpc) is 3.00. The SMILES string of the molecule is O=C(NCCOC(=O)c1cccc(F)c1F)c1ccn[nH]1. The van der Waals surface area contributed by atoms with Gasteiger partial charge in [-0.15, -0.1) is 0 Å². The Labute approximate surface area is 118 Å². The highest BCUT2D eigenvalue weighted by Gasteiger charge is 2.16. The molecule has 1 amide bonds. The fourth-order valence-corrected chi connectivity index (χ4v) is 1.53. The van der Waals surface area contributed by atoms with E-state index in [4.69, 9.17) is 4.74 Å². The van der Waals surface area contributed by atoms with Crippen molar-refractivity contribution in [1.82, 2.24) is 15.5 Å². The third-order valence-electron chi connectivity index (χ3n) is 2.54. The Bertz CT molecular complexity index is 644. The molecule has 2 aromatic rings. The zero-order valence-corrected chi connectivity index (χ0v) is 10.7. The van der Waals surface area contributed by atoms with E-state index in [1.807, 2.05) is 0 Å². The van der Waals surface area contributed by atoms with Crippen LogP contribution in [-0.4, -0.2) is 35.2 Å². The van der Waals surface area contributed by atoms with Crippen LogP contribution in [0.2, 0.25) is 0 Å². The summed E-state index contributed by atoms with van der Waals surface area (Å²) in [6.45, 7) is -0.144. The minimum atomic E-state index is -1.26. The summed E-state index contributed by atoms with van der Waals surface area (Å²) < 4.78 is 31.0. The number of benzene rings is 1. The molecule has 0 unspecified atom stereocenters. The van der Waals surface area contributed by atoms with E-state index in [0.717, 1.165) is 12.1 Å². The summed E-state index contributed by atoms with van der Waals surface area (Å²) in [5, 5.41) is 8.54. The van der Waals surface area contributed by atoms with E-state index < -0.39 is 29.1 Å². The summed E-state index contributed by atoms with van der Waals surface area (Å²) in [7, 11) is 0. The Hall–Kier alpha value is -2.77. The number of H-pyrrole nitrogens is 1. The lowest BCUT2D eigenvalue weighted by molar-refractivity contribution is 0.0496. The number of aromatic nitrogens is 2. The number of hydrogen-bond donors (Lipinski definition) is 2. The summed E-state index contributed by atoms with van der Waals surface area (Å²) >= 11 is 0. The van der Waals surface area contributed by atoms with Gasteiger partial charge in [0.15, 0.2) is 11.6 Å². The molecule has 0 radical (unpaired) electrons. The maximum absolute atomic E-state index is 13.3. The quantitative estimate of drug-likeness (QED) is 0.643. The predicted molar refractivity (Wildman–Crippen MR) is 67.6 cm³/mol. The molecule has 21 heavy (non-hydrogen) atoms. The van der Waals surface area contributed by atoms with E-state index in [1.165, 1.54) is 18.3 Å². The zero-order chi connectivity index (χ0) is 15.2. The van der Waals surface area contributed by atoms with Gasteiger partial charge in [0.05, 0.1) is 12.1 Å². The molecule has 1 aromatic heterocycles. The number of carbonyl (C=O) groups excluding carboxylic acids is 2. The maximum atomic E-state index is 13.3. The predicted octanol–water partition coefficient (Wildman–Crippen LogP) is 1.27. The summed E-state index contributed by atoms with van der Waals surface area (Å²) in [6, 6.07) is 4.69. The fourth-order valence-electron chi connectivity index (χ4n) is 1.53. The van der Waals surface area contributed by atoms with Gasteiger partial charge < -0.3 is 10.1 Å². The van der Waals surface area contributed by atoms with Gasteiger partial charge in [-0.05, 0) is 18.2 Å². The molecule has 0 spiro atoms. The van der Waals surface area contributed by atoms with Crippen molar-refractivity contribution in [2.24, 2.45) is 0 Å². The minimum absolute atomic E-state index is 0.0283. The molecule has 1 heterocycles.